The van der Waals surface area contributed by atoms with E-state index in [9.17, 15) is 14.4 Å². The number of hydrogen-bond donors (Lipinski definition) is 3. The Morgan fingerprint density at radius 3 is 2.44 bits per heavy atom. The third-order valence-electron chi connectivity index (χ3n) is 5.60. The van der Waals surface area contributed by atoms with Crippen LogP contribution in [0.15, 0.2) is 65.3 Å². The summed E-state index contributed by atoms with van der Waals surface area (Å²) in [5, 5.41) is 4.60. The molecule has 1 saturated heterocycles. The zero-order valence-electron chi connectivity index (χ0n) is 22.5. The number of nitrogens with zero attached hydrogens (tertiary/aromatic N) is 3. The van der Waals surface area contributed by atoms with Crippen LogP contribution in [-0.4, -0.2) is 46.9 Å². The van der Waals surface area contributed by atoms with Gasteiger partial charge in [0.15, 0.2) is 11.6 Å². The van der Waals surface area contributed by atoms with E-state index in [1.165, 1.54) is 0 Å². The number of hydrogen-bond acceptors (Lipinski definition) is 8. The van der Waals surface area contributed by atoms with Gasteiger partial charge in [0, 0.05) is 37.6 Å². The first-order valence-corrected chi connectivity index (χ1v) is 12.3. The van der Waals surface area contributed by atoms with Crippen molar-refractivity contribution in [3.05, 3.63) is 83.4 Å². The van der Waals surface area contributed by atoms with Gasteiger partial charge in [0.1, 0.15) is 22.8 Å². The molecule has 1 fully saturated rings. The normalized spacial score (nSPS) is 15.1. The Balaban J connectivity index is 0.000000165. The third-order valence-corrected chi connectivity index (χ3v) is 5.60. The lowest BCUT2D eigenvalue weighted by molar-refractivity contribution is -0.120. The number of nitrogens with one attached hydrogen (secondary N) is 2. The number of amides is 4. The number of pyridine rings is 2. The maximum atomic E-state index is 11.5. The molecule has 4 N–H and O–H groups in total. The second-order valence-corrected chi connectivity index (χ2v) is 8.38. The number of fused-ring (bicyclic) bond motifs is 2. The minimum absolute atomic E-state index is 0.0777. The fourth-order valence-corrected chi connectivity index (χ4v) is 3.68. The van der Waals surface area contributed by atoms with Gasteiger partial charge in [0.2, 0.25) is 0 Å². The van der Waals surface area contributed by atoms with Crippen molar-refractivity contribution < 1.29 is 23.5 Å². The Morgan fingerprint density at radius 1 is 1.08 bits per heavy atom. The highest BCUT2D eigenvalue weighted by atomic mass is 16.5. The number of aryl methyl sites for hydroxylation is 1. The van der Waals surface area contributed by atoms with Crippen LogP contribution < -0.4 is 21.1 Å². The van der Waals surface area contributed by atoms with Gasteiger partial charge in [-0.25, -0.2) is 9.78 Å². The van der Waals surface area contributed by atoms with Crippen molar-refractivity contribution in [2.75, 3.05) is 19.9 Å². The van der Waals surface area contributed by atoms with E-state index in [4.69, 9.17) is 14.9 Å². The van der Waals surface area contributed by atoms with Crippen molar-refractivity contribution >= 4 is 34.8 Å². The Hall–Kier alpha value is -4.93. The average Bonchev–Trinajstić information content (AvgIpc) is 3.61. The average molecular weight is 533 g/mol. The van der Waals surface area contributed by atoms with Crippen LogP contribution in [0.5, 0.6) is 5.75 Å². The number of benzene rings is 1. The molecule has 2 aliphatic rings. The number of methoxy groups -OCH3 is 1. The molecule has 5 heterocycles. The topological polar surface area (TPSA) is 153 Å². The molecule has 4 aromatic rings. The van der Waals surface area contributed by atoms with Crippen LogP contribution in [-0.2, 0) is 11.3 Å². The van der Waals surface area contributed by atoms with Crippen molar-refractivity contribution in [2.24, 2.45) is 0 Å². The van der Waals surface area contributed by atoms with Gasteiger partial charge >= 0.3 is 6.03 Å². The highest BCUT2D eigenvalue weighted by Crippen LogP contribution is 2.25. The molecule has 0 aliphatic carbocycles. The summed E-state index contributed by atoms with van der Waals surface area (Å²) in [4.78, 5) is 43.5. The minimum Gasteiger partial charge on any atom is -0.497 e. The molecule has 1 atom stereocenters. The number of ether oxygens (including phenoxy) is 1. The van der Waals surface area contributed by atoms with Crippen molar-refractivity contribution in [1.82, 2.24) is 25.5 Å². The quantitative estimate of drug-likeness (QED) is 0.328. The van der Waals surface area contributed by atoms with Crippen molar-refractivity contribution in [3.8, 4) is 5.75 Å². The number of furan rings is 1. The lowest BCUT2D eigenvalue weighted by Crippen LogP contribution is -2.22. The molecule has 0 saturated carbocycles. The van der Waals surface area contributed by atoms with Gasteiger partial charge in [-0.1, -0.05) is 26.0 Å². The molecular formula is C28H32N6O5. The molecule has 1 aromatic carbocycles. The van der Waals surface area contributed by atoms with Gasteiger partial charge in [0.25, 0.3) is 11.8 Å². The van der Waals surface area contributed by atoms with Crippen LogP contribution in [0.2, 0.25) is 0 Å². The van der Waals surface area contributed by atoms with Crippen LogP contribution in [0.1, 0.15) is 47.1 Å². The molecule has 6 rings (SSSR count). The number of imide groups is 1. The van der Waals surface area contributed by atoms with Gasteiger partial charge in [-0.05, 0) is 48.4 Å². The fourth-order valence-electron chi connectivity index (χ4n) is 3.68. The molecule has 0 bridgehead atoms. The van der Waals surface area contributed by atoms with E-state index in [0.717, 1.165) is 22.4 Å². The minimum atomic E-state index is -0.762. The Labute approximate surface area is 226 Å². The highest BCUT2D eigenvalue weighted by Gasteiger charge is 2.33. The smallest absolute Gasteiger partial charge is 0.322 e. The molecule has 1 unspecified atom stereocenters. The van der Waals surface area contributed by atoms with Crippen molar-refractivity contribution in [2.45, 2.75) is 33.4 Å². The third kappa shape index (κ3) is 7.10. The second kappa shape index (κ2) is 13.0. The predicted octanol–water partition coefficient (Wildman–Crippen LogP) is 3.99. The summed E-state index contributed by atoms with van der Waals surface area (Å²) in [6.07, 6.45) is 3.38. The van der Waals surface area contributed by atoms with E-state index in [-0.39, 0.29) is 5.91 Å². The largest absolute Gasteiger partial charge is 0.497 e. The predicted molar refractivity (Wildman–Crippen MR) is 147 cm³/mol. The number of nitrogen functional groups attached to an aromatic ring is 1. The van der Waals surface area contributed by atoms with Gasteiger partial charge in [-0.2, -0.15) is 0 Å². The molecule has 0 spiro atoms. The molecule has 39 heavy (non-hydrogen) atoms. The van der Waals surface area contributed by atoms with Crippen LogP contribution in [0, 0.1) is 6.92 Å². The Morgan fingerprint density at radius 2 is 1.85 bits per heavy atom. The second-order valence-electron chi connectivity index (χ2n) is 8.38. The van der Waals surface area contributed by atoms with Crippen LogP contribution in [0.4, 0.5) is 10.6 Å². The standard InChI is InChI=1S/C10H7N3O3.C10H11NO2.C6H8N2.C2H6/c14-9-8(12-10(15)13-9)7-4-5-6(16-7)2-1-3-11-5;1-11-6-7-3-4-8(13-2)5-9(7)10(11)12;1-5-2-3-6(7)8-4-5;1-2/h1-4,8H,(H2,12,13,14,15);3-5H,6H2,1-2H3;2-4H,1H3,(H2,7,8);1-2H3. The molecule has 4 amide bonds. The lowest BCUT2D eigenvalue weighted by atomic mass is 10.1. The first-order chi connectivity index (χ1) is 18.7. The number of carbonyl (C=O) groups excluding carboxylic acids is 3. The summed E-state index contributed by atoms with van der Waals surface area (Å²) in [5.41, 5.74) is 9.54. The van der Waals surface area contributed by atoms with Crippen molar-refractivity contribution in [1.29, 1.82) is 0 Å². The molecular weight excluding hydrogens is 500 g/mol. The first kappa shape index (κ1) is 28.6. The number of urea groups is 1. The molecule has 204 valence electrons. The van der Waals surface area contributed by atoms with E-state index in [2.05, 4.69) is 20.6 Å². The fraction of sp³-hybridized carbons (Fsp3) is 0.250. The maximum Gasteiger partial charge on any atom is 0.322 e. The van der Waals surface area contributed by atoms with E-state index >= 15 is 0 Å². The monoisotopic (exact) mass is 532 g/mol. The zero-order chi connectivity index (χ0) is 28.5. The van der Waals surface area contributed by atoms with Gasteiger partial charge in [-0.3, -0.25) is 19.9 Å². The summed E-state index contributed by atoms with van der Waals surface area (Å²) in [7, 11) is 3.40. The van der Waals surface area contributed by atoms with Gasteiger partial charge < -0.3 is 25.1 Å². The summed E-state index contributed by atoms with van der Waals surface area (Å²) in [5.74, 6) is 1.37. The number of carbonyl (C=O) groups is 3. The lowest BCUT2D eigenvalue weighted by Gasteiger charge is -2.04. The summed E-state index contributed by atoms with van der Waals surface area (Å²) >= 11 is 0. The summed E-state index contributed by atoms with van der Waals surface area (Å²) < 4.78 is 10.5. The van der Waals surface area contributed by atoms with Crippen LogP contribution >= 0.6 is 0 Å². The molecule has 2 aliphatic heterocycles. The first-order valence-electron chi connectivity index (χ1n) is 12.3. The zero-order valence-corrected chi connectivity index (χ0v) is 22.5. The number of aromatic nitrogens is 2. The highest BCUT2D eigenvalue weighted by molar-refractivity contribution is 6.04. The van der Waals surface area contributed by atoms with Crippen LogP contribution in [0.25, 0.3) is 11.1 Å². The van der Waals surface area contributed by atoms with Gasteiger partial charge in [-0.15, -0.1) is 0 Å². The van der Waals surface area contributed by atoms with Gasteiger partial charge in [0.05, 0.1) is 7.11 Å². The molecule has 3 aromatic heterocycles. The Kier molecular flexibility index (Phi) is 9.58. The SMILES string of the molecule is CC.COc1ccc2c(c1)C(=O)N(C)C2.Cc1ccc(N)nc1.O=C1NC(=O)C(c2cc3ncccc3o2)N1. The molecule has 11 nitrogen and oxygen atoms in total. The number of anilines is 1. The van der Waals surface area contributed by atoms with Crippen molar-refractivity contribution in [3.63, 3.8) is 0 Å². The van der Waals surface area contributed by atoms with E-state index < -0.39 is 18.0 Å². The molecule has 11 heteroatoms. The van der Waals surface area contributed by atoms with Crippen LogP contribution in [0.3, 0.4) is 0 Å². The number of rotatable bonds is 2. The van der Waals surface area contributed by atoms with E-state index in [1.54, 1.807) is 61.8 Å². The molecule has 0 radical (unpaired) electrons. The Bertz CT molecular complexity index is 1400. The summed E-state index contributed by atoms with van der Waals surface area (Å²) in [6.45, 7) is 6.69. The van der Waals surface area contributed by atoms with E-state index in [0.29, 0.717) is 29.2 Å². The summed E-state index contributed by atoms with van der Waals surface area (Å²) in [6, 6.07) is 13.2. The maximum absolute atomic E-state index is 11.5. The van der Waals surface area contributed by atoms with E-state index in [1.807, 2.05) is 39.0 Å². The number of nitrogens with two attached hydrogens (primary N) is 1.